The van der Waals surface area contributed by atoms with E-state index in [0.29, 0.717) is 22.0 Å². The average molecular weight is 370 g/mol. The summed E-state index contributed by atoms with van der Waals surface area (Å²) in [4.78, 5) is 13.2. The van der Waals surface area contributed by atoms with Gasteiger partial charge in [0.2, 0.25) is 0 Å². The molecule has 1 N–H and O–H groups in total. The van der Waals surface area contributed by atoms with E-state index in [1.54, 1.807) is 6.33 Å². The van der Waals surface area contributed by atoms with Crippen molar-refractivity contribution in [2.24, 2.45) is 0 Å². The normalized spacial score (nSPS) is 11.0. The van der Waals surface area contributed by atoms with Crippen molar-refractivity contribution in [1.29, 1.82) is 0 Å². The number of halogens is 2. The van der Waals surface area contributed by atoms with Gasteiger partial charge in [-0.25, -0.2) is 15.0 Å². The summed E-state index contributed by atoms with van der Waals surface area (Å²) in [5, 5.41) is 4.66. The summed E-state index contributed by atoms with van der Waals surface area (Å²) in [5.41, 5.74) is 4.14. The molecule has 4 aromatic rings. The maximum Gasteiger partial charge on any atom is 0.170 e. The molecule has 0 bridgehead atoms. The maximum atomic E-state index is 6.09. The fraction of sp³-hybridized carbons (Fsp3) is 0.0556. The van der Waals surface area contributed by atoms with Crippen LogP contribution in [0.1, 0.15) is 5.56 Å². The van der Waals surface area contributed by atoms with Gasteiger partial charge in [-0.1, -0.05) is 29.3 Å². The molecule has 0 unspecified atom stereocenters. The van der Waals surface area contributed by atoms with Gasteiger partial charge in [0.25, 0.3) is 0 Å². The zero-order chi connectivity index (χ0) is 17.4. The molecule has 0 aliphatic heterocycles. The largest absolute Gasteiger partial charge is 0.338 e. The number of aryl methyl sites for hydroxylation is 1. The minimum atomic E-state index is 0.632. The molecule has 124 valence electrons. The van der Waals surface area contributed by atoms with Crippen molar-refractivity contribution in [2.45, 2.75) is 6.92 Å². The number of aromatic nitrogens is 4. The van der Waals surface area contributed by atoms with Gasteiger partial charge in [0.15, 0.2) is 17.0 Å². The van der Waals surface area contributed by atoms with Crippen LogP contribution >= 0.6 is 23.2 Å². The van der Waals surface area contributed by atoms with Crippen molar-refractivity contribution in [3.63, 3.8) is 0 Å². The predicted octanol–water partition coefficient (Wildman–Crippen LogP) is 5.17. The number of hydrogen-bond donors (Lipinski definition) is 1. The quantitative estimate of drug-likeness (QED) is 0.540. The number of hydrogen-bond acceptors (Lipinski definition) is 4. The third kappa shape index (κ3) is 3.04. The first-order valence-electron chi connectivity index (χ1n) is 7.59. The molecule has 0 saturated heterocycles. The molecule has 0 aliphatic rings. The lowest BCUT2D eigenvalue weighted by molar-refractivity contribution is 1.06. The molecule has 25 heavy (non-hydrogen) atoms. The molecule has 5 nitrogen and oxygen atoms in total. The highest BCUT2D eigenvalue weighted by molar-refractivity contribution is 6.31. The van der Waals surface area contributed by atoms with Crippen LogP contribution in [0.4, 0.5) is 11.5 Å². The number of nitrogens with one attached hydrogen (secondary N) is 1. The van der Waals surface area contributed by atoms with Crippen LogP contribution in [0.25, 0.3) is 16.9 Å². The van der Waals surface area contributed by atoms with Crippen LogP contribution < -0.4 is 5.32 Å². The summed E-state index contributed by atoms with van der Waals surface area (Å²) < 4.78 is 1.88. The third-order valence-corrected chi connectivity index (χ3v) is 4.50. The predicted molar refractivity (Wildman–Crippen MR) is 101 cm³/mol. The Balaban J connectivity index is 1.77. The minimum Gasteiger partial charge on any atom is -0.338 e. The van der Waals surface area contributed by atoms with E-state index >= 15 is 0 Å². The average Bonchev–Trinajstić information content (AvgIpc) is 3.03. The van der Waals surface area contributed by atoms with Crippen molar-refractivity contribution in [3.8, 4) is 5.69 Å². The van der Waals surface area contributed by atoms with Crippen molar-refractivity contribution >= 4 is 45.9 Å². The van der Waals surface area contributed by atoms with E-state index in [4.69, 9.17) is 23.2 Å². The molecule has 0 aliphatic carbocycles. The minimum absolute atomic E-state index is 0.632. The fourth-order valence-corrected chi connectivity index (χ4v) is 2.90. The standard InChI is InChI=1S/C18H13Cl2N5/c1-11-7-13(5-6-15(11)20)24-17-16-18(22-9-21-17)25(10-23-16)14-4-2-3-12(19)8-14/h2-10H,1H3,(H,21,22,24). The molecule has 0 spiro atoms. The molecule has 2 aromatic carbocycles. The van der Waals surface area contributed by atoms with Gasteiger partial charge in [-0.15, -0.1) is 0 Å². The van der Waals surface area contributed by atoms with E-state index in [0.717, 1.165) is 22.0 Å². The van der Waals surface area contributed by atoms with Crippen molar-refractivity contribution in [3.05, 3.63) is 70.7 Å². The lowest BCUT2D eigenvalue weighted by Crippen LogP contribution is -1.98. The van der Waals surface area contributed by atoms with Gasteiger partial charge < -0.3 is 5.32 Å². The number of fused-ring (bicyclic) bond motifs is 1. The summed E-state index contributed by atoms with van der Waals surface area (Å²) in [6.45, 7) is 1.96. The van der Waals surface area contributed by atoms with Gasteiger partial charge in [-0.3, -0.25) is 4.57 Å². The second-order valence-electron chi connectivity index (χ2n) is 5.58. The summed E-state index contributed by atoms with van der Waals surface area (Å²) in [5.74, 6) is 0.632. The molecule has 4 rings (SSSR count). The first-order valence-corrected chi connectivity index (χ1v) is 8.34. The van der Waals surface area contributed by atoms with Crippen molar-refractivity contribution < 1.29 is 0 Å². The molecule has 2 aromatic heterocycles. The molecule has 7 heteroatoms. The van der Waals surface area contributed by atoms with Gasteiger partial charge in [-0.05, 0) is 48.9 Å². The van der Waals surface area contributed by atoms with E-state index in [1.807, 2.05) is 54.0 Å². The zero-order valence-corrected chi connectivity index (χ0v) is 14.8. The monoisotopic (exact) mass is 369 g/mol. The molecular formula is C18H13Cl2N5. The van der Waals surface area contributed by atoms with E-state index in [2.05, 4.69) is 20.3 Å². The Labute approximate surface area is 154 Å². The second kappa shape index (κ2) is 6.35. The number of nitrogens with zero attached hydrogens (tertiary/aromatic N) is 4. The van der Waals surface area contributed by atoms with Gasteiger partial charge in [-0.2, -0.15) is 0 Å². The first-order chi connectivity index (χ1) is 12.1. The molecule has 0 radical (unpaired) electrons. The smallest absolute Gasteiger partial charge is 0.170 e. The SMILES string of the molecule is Cc1cc(Nc2ncnc3c2ncn3-c2cccc(Cl)c2)ccc1Cl. The maximum absolute atomic E-state index is 6.09. The second-order valence-corrected chi connectivity index (χ2v) is 6.42. The lowest BCUT2D eigenvalue weighted by Gasteiger charge is -2.08. The number of anilines is 2. The Morgan fingerprint density at radius 2 is 1.88 bits per heavy atom. The third-order valence-electron chi connectivity index (χ3n) is 3.84. The van der Waals surface area contributed by atoms with Gasteiger partial charge in [0, 0.05) is 15.7 Å². The highest BCUT2D eigenvalue weighted by Gasteiger charge is 2.12. The van der Waals surface area contributed by atoms with Gasteiger partial charge in [0.1, 0.15) is 12.7 Å². The van der Waals surface area contributed by atoms with Gasteiger partial charge in [0.05, 0.1) is 5.69 Å². The summed E-state index contributed by atoms with van der Waals surface area (Å²) >= 11 is 12.2. The summed E-state index contributed by atoms with van der Waals surface area (Å²) in [7, 11) is 0. The molecule has 0 fully saturated rings. The van der Waals surface area contributed by atoms with E-state index in [-0.39, 0.29) is 0 Å². The fourth-order valence-electron chi connectivity index (χ4n) is 2.60. The van der Waals surface area contributed by atoms with Crippen LogP contribution in [0.2, 0.25) is 10.0 Å². The molecular weight excluding hydrogens is 357 g/mol. The van der Waals surface area contributed by atoms with Crippen molar-refractivity contribution in [2.75, 3.05) is 5.32 Å². The molecule has 2 heterocycles. The Hall–Kier alpha value is -2.63. The topological polar surface area (TPSA) is 55.6 Å². The number of rotatable bonds is 3. The number of imidazole rings is 1. The number of benzene rings is 2. The van der Waals surface area contributed by atoms with Crippen LogP contribution in [0.5, 0.6) is 0 Å². The Morgan fingerprint density at radius 3 is 2.68 bits per heavy atom. The summed E-state index contributed by atoms with van der Waals surface area (Å²) in [6.07, 6.45) is 3.22. The van der Waals surface area contributed by atoms with E-state index in [1.165, 1.54) is 6.33 Å². The first kappa shape index (κ1) is 15.9. The highest BCUT2D eigenvalue weighted by Crippen LogP contribution is 2.26. The van der Waals surface area contributed by atoms with Crippen LogP contribution in [-0.4, -0.2) is 19.5 Å². The van der Waals surface area contributed by atoms with E-state index in [9.17, 15) is 0 Å². The zero-order valence-electron chi connectivity index (χ0n) is 13.2. The summed E-state index contributed by atoms with van der Waals surface area (Å²) in [6, 6.07) is 13.2. The van der Waals surface area contributed by atoms with Gasteiger partial charge >= 0.3 is 0 Å². The van der Waals surface area contributed by atoms with Crippen LogP contribution in [0.15, 0.2) is 55.1 Å². The van der Waals surface area contributed by atoms with Crippen LogP contribution in [0.3, 0.4) is 0 Å². The Morgan fingerprint density at radius 1 is 1.00 bits per heavy atom. The van der Waals surface area contributed by atoms with E-state index < -0.39 is 0 Å². The molecule has 0 saturated carbocycles. The van der Waals surface area contributed by atoms with Crippen molar-refractivity contribution in [1.82, 2.24) is 19.5 Å². The van der Waals surface area contributed by atoms with Crippen LogP contribution in [0, 0.1) is 6.92 Å². The molecule has 0 atom stereocenters. The van der Waals surface area contributed by atoms with Crippen LogP contribution in [-0.2, 0) is 0 Å². The molecule has 0 amide bonds. The lowest BCUT2D eigenvalue weighted by atomic mass is 10.2. The Kier molecular flexibility index (Phi) is 4.03. The highest BCUT2D eigenvalue weighted by atomic mass is 35.5. The Bertz CT molecular complexity index is 1070.